The summed E-state index contributed by atoms with van der Waals surface area (Å²) in [6, 6.07) is 4.25. The van der Waals surface area contributed by atoms with Gasteiger partial charge in [0.15, 0.2) is 0 Å². The first-order valence-corrected chi connectivity index (χ1v) is 11.1. The molecule has 0 spiro atoms. The lowest BCUT2D eigenvalue weighted by molar-refractivity contribution is 0.261. The first kappa shape index (κ1) is 19.8. The van der Waals surface area contributed by atoms with Crippen LogP contribution in [0.1, 0.15) is 18.9 Å². The molecule has 0 unspecified atom stereocenters. The van der Waals surface area contributed by atoms with Crippen LogP contribution in [0.3, 0.4) is 0 Å². The molecular weight excluding hydrogens is 426 g/mol. The summed E-state index contributed by atoms with van der Waals surface area (Å²) in [6.07, 6.45) is 7.97. The van der Waals surface area contributed by atoms with E-state index >= 15 is 0 Å². The number of aromatic amines is 1. The van der Waals surface area contributed by atoms with Gasteiger partial charge >= 0.3 is 0 Å². The zero-order valence-electron chi connectivity index (χ0n) is 16.2. The highest BCUT2D eigenvalue weighted by atomic mass is 32.2. The van der Waals surface area contributed by atoms with Crippen LogP contribution in [0.25, 0.3) is 22.3 Å². The van der Waals surface area contributed by atoms with E-state index in [-0.39, 0.29) is 24.0 Å². The average molecular weight is 444 g/mol. The van der Waals surface area contributed by atoms with E-state index < -0.39 is 21.7 Å². The Labute approximate surface area is 176 Å². The summed E-state index contributed by atoms with van der Waals surface area (Å²) in [5.74, 6) is -1.84. The summed E-state index contributed by atoms with van der Waals surface area (Å²) >= 11 is 0. The van der Waals surface area contributed by atoms with Gasteiger partial charge in [0.25, 0.3) is 0 Å². The third-order valence-corrected chi connectivity index (χ3v) is 7.38. The molecule has 1 fully saturated rings. The number of hydrogen-bond donors (Lipinski definition) is 1. The van der Waals surface area contributed by atoms with Crippen LogP contribution in [-0.2, 0) is 10.0 Å². The van der Waals surface area contributed by atoms with Crippen molar-refractivity contribution in [3.63, 3.8) is 0 Å². The van der Waals surface area contributed by atoms with Gasteiger partial charge in [0.2, 0.25) is 10.0 Å². The topological polar surface area (TPSA) is 96.8 Å². The number of aromatic nitrogens is 5. The van der Waals surface area contributed by atoms with Crippen molar-refractivity contribution in [3.05, 3.63) is 60.8 Å². The van der Waals surface area contributed by atoms with Crippen molar-refractivity contribution in [1.82, 2.24) is 29.0 Å². The maximum absolute atomic E-state index is 13.5. The van der Waals surface area contributed by atoms with E-state index in [0.717, 1.165) is 34.4 Å². The monoisotopic (exact) mass is 444 g/mol. The molecule has 5 rings (SSSR count). The van der Waals surface area contributed by atoms with Crippen LogP contribution in [-0.4, -0.2) is 50.5 Å². The van der Waals surface area contributed by atoms with Gasteiger partial charge in [-0.1, -0.05) is 0 Å². The molecule has 1 N–H and O–H groups in total. The molecule has 0 atom stereocenters. The van der Waals surface area contributed by atoms with E-state index in [1.807, 2.05) is 16.9 Å². The Morgan fingerprint density at radius 1 is 1.06 bits per heavy atom. The molecule has 0 saturated carbocycles. The SMILES string of the molecule is O=S(=O)(c1cc(F)cc(F)c1)N1CCC(n2cc(-c3ncnc4[nH]ccc34)cn2)CC1. The standard InChI is InChI=1S/C20H18F2N6O2S/c21-14-7-15(22)9-17(8-14)31(29,30)27-5-2-16(3-6-27)28-11-13(10-26-28)19-18-1-4-23-20(18)25-12-24-19/h1,4,7-12,16H,2-3,5-6H2,(H,23,24,25). The lowest BCUT2D eigenvalue weighted by Gasteiger charge is -2.31. The summed E-state index contributed by atoms with van der Waals surface area (Å²) in [5.41, 5.74) is 2.35. The van der Waals surface area contributed by atoms with Crippen molar-refractivity contribution in [1.29, 1.82) is 0 Å². The van der Waals surface area contributed by atoms with Crippen molar-refractivity contribution >= 4 is 21.1 Å². The number of hydrogen-bond acceptors (Lipinski definition) is 5. The smallest absolute Gasteiger partial charge is 0.243 e. The number of piperidine rings is 1. The van der Waals surface area contributed by atoms with Crippen LogP contribution in [0.15, 0.2) is 54.1 Å². The molecule has 1 saturated heterocycles. The Morgan fingerprint density at radius 3 is 2.55 bits per heavy atom. The molecule has 0 radical (unpaired) electrons. The molecular formula is C20H18F2N6O2S. The predicted octanol–water partition coefficient (Wildman–Crippen LogP) is 3.13. The van der Waals surface area contributed by atoms with Crippen LogP contribution in [0, 0.1) is 11.6 Å². The van der Waals surface area contributed by atoms with Crippen LogP contribution >= 0.6 is 0 Å². The predicted molar refractivity (Wildman–Crippen MR) is 108 cm³/mol. The van der Waals surface area contributed by atoms with Gasteiger partial charge in [-0.15, -0.1) is 0 Å². The Balaban J connectivity index is 1.33. The lowest BCUT2D eigenvalue weighted by atomic mass is 10.1. The number of H-pyrrole nitrogens is 1. The minimum absolute atomic E-state index is 0.00741. The van der Waals surface area contributed by atoms with Gasteiger partial charge in [0, 0.05) is 42.5 Å². The second kappa shape index (κ2) is 7.50. The van der Waals surface area contributed by atoms with E-state index in [1.165, 1.54) is 10.6 Å². The molecule has 0 bridgehead atoms. The molecule has 11 heteroatoms. The fourth-order valence-electron chi connectivity index (χ4n) is 3.94. The third kappa shape index (κ3) is 3.59. The maximum Gasteiger partial charge on any atom is 0.243 e. The highest BCUT2D eigenvalue weighted by molar-refractivity contribution is 7.89. The van der Waals surface area contributed by atoms with Crippen LogP contribution in [0.5, 0.6) is 0 Å². The van der Waals surface area contributed by atoms with Crippen molar-refractivity contribution in [2.45, 2.75) is 23.8 Å². The minimum atomic E-state index is -3.97. The molecule has 4 heterocycles. The second-order valence-corrected chi connectivity index (χ2v) is 9.35. The van der Waals surface area contributed by atoms with Gasteiger partial charge in [-0.2, -0.15) is 9.40 Å². The normalized spacial score (nSPS) is 16.2. The van der Waals surface area contributed by atoms with Crippen molar-refractivity contribution in [3.8, 4) is 11.3 Å². The summed E-state index contributed by atoms with van der Waals surface area (Å²) in [6.45, 7) is 0.464. The highest BCUT2D eigenvalue weighted by Crippen LogP contribution is 2.30. The first-order chi connectivity index (χ1) is 14.9. The van der Waals surface area contributed by atoms with Crippen molar-refractivity contribution < 1.29 is 17.2 Å². The Kier molecular flexibility index (Phi) is 4.78. The Bertz CT molecular complexity index is 1340. The summed E-state index contributed by atoms with van der Waals surface area (Å²) < 4.78 is 55.6. The average Bonchev–Trinajstić information content (AvgIpc) is 3.43. The molecule has 0 amide bonds. The number of benzene rings is 1. The summed E-state index contributed by atoms with van der Waals surface area (Å²) in [4.78, 5) is 11.2. The van der Waals surface area contributed by atoms with E-state index in [1.54, 1.807) is 12.4 Å². The minimum Gasteiger partial charge on any atom is -0.346 e. The fourth-order valence-corrected chi connectivity index (χ4v) is 5.45. The van der Waals surface area contributed by atoms with Crippen LogP contribution in [0.2, 0.25) is 0 Å². The first-order valence-electron chi connectivity index (χ1n) is 9.71. The van der Waals surface area contributed by atoms with Crippen LogP contribution in [0.4, 0.5) is 8.78 Å². The molecule has 0 aliphatic carbocycles. The molecule has 1 aliphatic heterocycles. The number of nitrogens with zero attached hydrogens (tertiary/aromatic N) is 5. The number of fused-ring (bicyclic) bond motifs is 1. The number of sulfonamides is 1. The largest absolute Gasteiger partial charge is 0.346 e. The molecule has 8 nitrogen and oxygen atoms in total. The zero-order valence-corrected chi connectivity index (χ0v) is 17.1. The second-order valence-electron chi connectivity index (χ2n) is 7.41. The van der Waals surface area contributed by atoms with Gasteiger partial charge < -0.3 is 4.98 Å². The third-order valence-electron chi connectivity index (χ3n) is 5.50. The lowest BCUT2D eigenvalue weighted by Crippen LogP contribution is -2.39. The summed E-state index contributed by atoms with van der Waals surface area (Å²) in [7, 11) is -3.97. The van der Waals surface area contributed by atoms with E-state index in [2.05, 4.69) is 20.1 Å². The fraction of sp³-hybridized carbons (Fsp3) is 0.250. The number of rotatable bonds is 4. The number of nitrogens with one attached hydrogen (secondary N) is 1. The van der Waals surface area contributed by atoms with Crippen molar-refractivity contribution in [2.24, 2.45) is 0 Å². The molecule has 1 aromatic carbocycles. The van der Waals surface area contributed by atoms with Crippen LogP contribution < -0.4 is 0 Å². The van der Waals surface area contributed by atoms with Gasteiger partial charge in [-0.3, -0.25) is 4.68 Å². The summed E-state index contributed by atoms with van der Waals surface area (Å²) in [5, 5.41) is 5.35. The van der Waals surface area contributed by atoms with Gasteiger partial charge in [0.05, 0.1) is 22.8 Å². The molecule has 1 aliphatic rings. The van der Waals surface area contributed by atoms with Gasteiger partial charge in [0.1, 0.15) is 23.6 Å². The zero-order chi connectivity index (χ0) is 21.6. The molecule has 31 heavy (non-hydrogen) atoms. The maximum atomic E-state index is 13.5. The quantitative estimate of drug-likeness (QED) is 0.522. The molecule has 4 aromatic rings. The van der Waals surface area contributed by atoms with E-state index in [4.69, 9.17) is 0 Å². The highest BCUT2D eigenvalue weighted by Gasteiger charge is 2.31. The van der Waals surface area contributed by atoms with E-state index in [0.29, 0.717) is 18.9 Å². The molecule has 160 valence electrons. The number of halogens is 2. The van der Waals surface area contributed by atoms with Gasteiger partial charge in [-0.05, 0) is 31.0 Å². The van der Waals surface area contributed by atoms with Crippen molar-refractivity contribution in [2.75, 3.05) is 13.1 Å². The molecule has 3 aromatic heterocycles. The van der Waals surface area contributed by atoms with E-state index in [9.17, 15) is 17.2 Å². The van der Waals surface area contributed by atoms with Gasteiger partial charge in [-0.25, -0.2) is 27.2 Å². The Hall–Kier alpha value is -3.18. The Morgan fingerprint density at radius 2 is 1.81 bits per heavy atom.